The van der Waals surface area contributed by atoms with Crippen molar-refractivity contribution in [1.82, 2.24) is 4.98 Å². The van der Waals surface area contributed by atoms with Crippen molar-refractivity contribution in [2.75, 3.05) is 5.43 Å². The van der Waals surface area contributed by atoms with E-state index < -0.39 is 0 Å². The van der Waals surface area contributed by atoms with Gasteiger partial charge in [-0.1, -0.05) is 54.1 Å². The molecule has 0 aliphatic carbocycles. The fourth-order valence-corrected chi connectivity index (χ4v) is 2.88. The normalized spacial score (nSPS) is 11.0. The highest BCUT2D eigenvalue weighted by molar-refractivity contribution is 7.13. The van der Waals surface area contributed by atoms with Crippen LogP contribution < -0.4 is 5.43 Å². The summed E-state index contributed by atoms with van der Waals surface area (Å²) in [7, 11) is 0. The van der Waals surface area contributed by atoms with Gasteiger partial charge < -0.3 is 0 Å². The van der Waals surface area contributed by atoms with Crippen molar-refractivity contribution >= 4 is 22.7 Å². The highest BCUT2D eigenvalue weighted by Gasteiger charge is 2.03. The van der Waals surface area contributed by atoms with Gasteiger partial charge >= 0.3 is 0 Å². The van der Waals surface area contributed by atoms with Crippen molar-refractivity contribution in [3.63, 3.8) is 0 Å². The van der Waals surface area contributed by atoms with Crippen LogP contribution in [0.4, 0.5) is 5.13 Å². The molecule has 0 spiro atoms. The number of rotatable bonds is 4. The van der Waals surface area contributed by atoms with Gasteiger partial charge in [-0.2, -0.15) is 5.10 Å². The lowest BCUT2D eigenvalue weighted by Gasteiger charge is -2.06. The molecule has 0 unspecified atom stereocenters. The lowest BCUT2D eigenvalue weighted by molar-refractivity contribution is 1.22. The highest BCUT2D eigenvalue weighted by atomic mass is 32.1. The van der Waals surface area contributed by atoms with Crippen LogP contribution >= 0.6 is 11.3 Å². The van der Waals surface area contributed by atoms with Crippen LogP contribution in [0.1, 0.15) is 16.8 Å². The molecular formula is C18H17N3S. The molecule has 0 saturated heterocycles. The van der Waals surface area contributed by atoms with E-state index in [1.54, 1.807) is 11.3 Å². The highest BCUT2D eigenvalue weighted by Crippen LogP contribution is 2.23. The van der Waals surface area contributed by atoms with Crippen molar-refractivity contribution < 1.29 is 0 Å². The Hall–Kier alpha value is -2.46. The molecule has 0 radical (unpaired) electrons. The van der Waals surface area contributed by atoms with Crippen LogP contribution in [-0.4, -0.2) is 11.2 Å². The molecule has 1 N–H and O–H groups in total. The second-order valence-corrected chi connectivity index (χ2v) is 5.98. The molecule has 1 heterocycles. The molecule has 110 valence electrons. The summed E-state index contributed by atoms with van der Waals surface area (Å²) in [5.41, 5.74) is 8.69. The predicted molar refractivity (Wildman–Crippen MR) is 94.7 cm³/mol. The Labute approximate surface area is 134 Å². The summed E-state index contributed by atoms with van der Waals surface area (Å²) in [6, 6.07) is 16.7. The first kappa shape index (κ1) is 14.5. The molecule has 3 nitrogen and oxygen atoms in total. The maximum atomic E-state index is 4.33. The smallest absolute Gasteiger partial charge is 0.203 e. The first-order chi connectivity index (χ1) is 10.7. The van der Waals surface area contributed by atoms with E-state index in [0.29, 0.717) is 0 Å². The van der Waals surface area contributed by atoms with E-state index in [1.807, 2.05) is 30.7 Å². The first-order valence-corrected chi connectivity index (χ1v) is 7.97. The van der Waals surface area contributed by atoms with Gasteiger partial charge in [0.05, 0.1) is 11.9 Å². The van der Waals surface area contributed by atoms with E-state index in [0.717, 1.165) is 16.4 Å². The molecule has 2 aromatic carbocycles. The molecular weight excluding hydrogens is 290 g/mol. The van der Waals surface area contributed by atoms with Gasteiger partial charge in [0, 0.05) is 10.9 Å². The van der Waals surface area contributed by atoms with Crippen LogP contribution in [0.25, 0.3) is 11.1 Å². The molecule has 0 fully saturated rings. The number of anilines is 1. The van der Waals surface area contributed by atoms with E-state index in [9.17, 15) is 0 Å². The first-order valence-electron chi connectivity index (χ1n) is 7.09. The van der Waals surface area contributed by atoms with E-state index in [1.165, 1.54) is 16.7 Å². The molecule has 0 bridgehead atoms. The van der Waals surface area contributed by atoms with Gasteiger partial charge in [0.1, 0.15) is 0 Å². The van der Waals surface area contributed by atoms with E-state index in [4.69, 9.17) is 0 Å². The summed E-state index contributed by atoms with van der Waals surface area (Å²) >= 11 is 1.55. The standard InChI is InChI=1S/C18H17N3S/c1-13-6-5-8-15(10-13)17-9-4-3-7-16(17)11-19-21-18-20-14(2)12-22-18/h3-12H,1-2H3,(H,20,21). The molecule has 0 atom stereocenters. The van der Waals surface area contributed by atoms with Crippen molar-refractivity contribution in [3.05, 3.63) is 70.7 Å². The number of hydrogen-bond acceptors (Lipinski definition) is 4. The molecule has 0 aliphatic rings. The average Bonchev–Trinajstić information content (AvgIpc) is 2.93. The van der Waals surface area contributed by atoms with Gasteiger partial charge in [-0.3, -0.25) is 5.43 Å². The zero-order valence-corrected chi connectivity index (χ0v) is 13.4. The zero-order chi connectivity index (χ0) is 15.4. The van der Waals surface area contributed by atoms with Crippen molar-refractivity contribution in [2.45, 2.75) is 13.8 Å². The minimum atomic E-state index is 0.807. The number of benzene rings is 2. The maximum absolute atomic E-state index is 4.33. The molecule has 0 aliphatic heterocycles. The number of nitrogens with zero attached hydrogens (tertiary/aromatic N) is 2. The quantitative estimate of drug-likeness (QED) is 0.551. The SMILES string of the molecule is Cc1cccc(-c2ccccc2C=NNc2nc(C)cs2)c1. The van der Waals surface area contributed by atoms with E-state index in [-0.39, 0.29) is 0 Å². The van der Waals surface area contributed by atoms with Crippen LogP contribution in [0.2, 0.25) is 0 Å². The monoisotopic (exact) mass is 307 g/mol. The number of aryl methyl sites for hydroxylation is 2. The molecule has 22 heavy (non-hydrogen) atoms. The van der Waals surface area contributed by atoms with Crippen LogP contribution in [0, 0.1) is 13.8 Å². The summed E-state index contributed by atoms with van der Waals surface area (Å²) < 4.78 is 0. The summed E-state index contributed by atoms with van der Waals surface area (Å²) in [6.07, 6.45) is 1.84. The minimum absolute atomic E-state index is 0.807. The van der Waals surface area contributed by atoms with Gasteiger partial charge in [-0.25, -0.2) is 4.98 Å². The molecule has 0 amide bonds. The Balaban J connectivity index is 1.85. The summed E-state index contributed by atoms with van der Waals surface area (Å²) in [6.45, 7) is 4.07. The number of hydrogen-bond donors (Lipinski definition) is 1. The molecule has 1 aromatic heterocycles. The minimum Gasteiger partial charge on any atom is -0.253 e. The van der Waals surface area contributed by atoms with Crippen molar-refractivity contribution in [2.24, 2.45) is 5.10 Å². The van der Waals surface area contributed by atoms with Gasteiger partial charge in [0.2, 0.25) is 5.13 Å². The Kier molecular flexibility index (Phi) is 4.30. The van der Waals surface area contributed by atoms with Crippen molar-refractivity contribution in [3.8, 4) is 11.1 Å². The van der Waals surface area contributed by atoms with Crippen LogP contribution in [0.5, 0.6) is 0 Å². The fourth-order valence-electron chi connectivity index (χ4n) is 2.25. The van der Waals surface area contributed by atoms with Crippen LogP contribution in [0.15, 0.2) is 59.0 Å². The van der Waals surface area contributed by atoms with Gasteiger partial charge in [-0.15, -0.1) is 11.3 Å². The Morgan fingerprint density at radius 2 is 1.95 bits per heavy atom. The second-order valence-electron chi connectivity index (χ2n) is 5.12. The van der Waals surface area contributed by atoms with Crippen LogP contribution in [-0.2, 0) is 0 Å². The lowest BCUT2D eigenvalue weighted by Crippen LogP contribution is -1.93. The number of thiazole rings is 1. The third-order valence-corrected chi connectivity index (χ3v) is 4.14. The average molecular weight is 307 g/mol. The zero-order valence-electron chi connectivity index (χ0n) is 12.6. The maximum Gasteiger partial charge on any atom is 0.203 e. The molecule has 3 rings (SSSR count). The Bertz CT molecular complexity index is 805. The van der Waals surface area contributed by atoms with Gasteiger partial charge in [0.15, 0.2) is 0 Å². The summed E-state index contributed by atoms with van der Waals surface area (Å²) in [5, 5.41) is 7.11. The third-order valence-electron chi connectivity index (χ3n) is 3.27. The topological polar surface area (TPSA) is 37.3 Å². The predicted octanol–water partition coefficient (Wildman–Crippen LogP) is 4.87. The number of hydrazone groups is 1. The summed E-state index contributed by atoms with van der Waals surface area (Å²) in [4.78, 5) is 4.33. The van der Waals surface area contributed by atoms with Crippen LogP contribution in [0.3, 0.4) is 0 Å². The summed E-state index contributed by atoms with van der Waals surface area (Å²) in [5.74, 6) is 0. The Morgan fingerprint density at radius 1 is 1.09 bits per heavy atom. The lowest BCUT2D eigenvalue weighted by atomic mass is 9.99. The van der Waals surface area contributed by atoms with E-state index in [2.05, 4.69) is 58.8 Å². The molecule has 3 aromatic rings. The van der Waals surface area contributed by atoms with E-state index >= 15 is 0 Å². The number of nitrogens with one attached hydrogen (secondary N) is 1. The van der Waals surface area contributed by atoms with Gasteiger partial charge in [-0.05, 0) is 25.0 Å². The number of aromatic nitrogens is 1. The van der Waals surface area contributed by atoms with Crippen molar-refractivity contribution in [1.29, 1.82) is 0 Å². The fraction of sp³-hybridized carbons (Fsp3) is 0.111. The third kappa shape index (κ3) is 3.40. The van der Waals surface area contributed by atoms with Gasteiger partial charge in [0.25, 0.3) is 0 Å². The molecule has 4 heteroatoms. The Morgan fingerprint density at radius 3 is 2.73 bits per heavy atom. The molecule has 0 saturated carbocycles. The largest absolute Gasteiger partial charge is 0.253 e. The second kappa shape index (κ2) is 6.54.